The van der Waals surface area contributed by atoms with E-state index < -0.39 is 0 Å². The molecule has 0 saturated carbocycles. The molecule has 0 spiro atoms. The lowest BCUT2D eigenvalue weighted by Crippen LogP contribution is -2.06. The number of hydrogen-bond acceptors (Lipinski definition) is 1. The lowest BCUT2D eigenvalue weighted by molar-refractivity contribution is -0.114. The van der Waals surface area contributed by atoms with Crippen molar-refractivity contribution in [2.45, 2.75) is 3.74 Å². The molecule has 1 nitrogen and oxygen atoms in total. The van der Waals surface area contributed by atoms with Crippen molar-refractivity contribution in [3.63, 3.8) is 0 Å². The minimum absolute atomic E-state index is 0.0972. The Morgan fingerprint density at radius 1 is 1.57 bits per heavy atom. The molecule has 4 heteroatoms. The average Bonchev–Trinajstić information content (AvgIpc) is 1.65. The maximum atomic E-state index is 10.4. The van der Waals surface area contributed by atoms with Crippen LogP contribution in [0.1, 0.15) is 0 Å². The molecule has 0 aliphatic rings. The smallest absolute Gasteiger partial charge is 0.167 e. The number of alkyl halides is 3. The second kappa shape index (κ2) is 4.04. The Hall–Kier alpha value is 1.11. The third-order valence-electron chi connectivity index (χ3n) is 0.375. The molecule has 0 saturated heterocycles. The number of halogens is 3. The molecule has 0 aliphatic heterocycles. The van der Waals surface area contributed by atoms with Crippen molar-refractivity contribution in [3.8, 4) is 0 Å². The fourth-order valence-corrected chi connectivity index (χ4v) is 1.57. The van der Waals surface area contributed by atoms with Gasteiger partial charge in [0.2, 0.25) is 0 Å². The van der Waals surface area contributed by atoms with E-state index >= 15 is 0 Å². The van der Waals surface area contributed by atoms with Crippen molar-refractivity contribution in [1.29, 1.82) is 0 Å². The topological polar surface area (TPSA) is 17.1 Å². The molecular formula is C3H3Br3O. The van der Waals surface area contributed by atoms with E-state index in [9.17, 15) is 4.79 Å². The van der Waals surface area contributed by atoms with Crippen LogP contribution in [0.3, 0.4) is 0 Å². The van der Waals surface area contributed by atoms with Gasteiger partial charge in [0, 0.05) is 0 Å². The minimum atomic E-state index is -0.195. The van der Waals surface area contributed by atoms with Gasteiger partial charge < -0.3 is 0 Å². The highest BCUT2D eigenvalue weighted by atomic mass is 79.9. The molecule has 0 amide bonds. The predicted molar refractivity (Wildman–Crippen MR) is 40.4 cm³/mol. The zero-order valence-electron chi connectivity index (χ0n) is 3.33. The van der Waals surface area contributed by atoms with Crippen LogP contribution in [0.5, 0.6) is 0 Å². The van der Waals surface area contributed by atoms with Crippen LogP contribution < -0.4 is 0 Å². The highest BCUT2D eigenvalue weighted by Crippen LogP contribution is 2.09. The summed E-state index contributed by atoms with van der Waals surface area (Å²) in [6, 6.07) is 0. The van der Waals surface area contributed by atoms with Gasteiger partial charge >= 0.3 is 0 Å². The first-order valence-corrected chi connectivity index (χ1v) is 4.50. The Morgan fingerprint density at radius 2 is 2.00 bits per heavy atom. The highest BCUT2D eigenvalue weighted by molar-refractivity contribution is 9.25. The van der Waals surface area contributed by atoms with Gasteiger partial charge in [0.25, 0.3) is 0 Å². The Kier molecular flexibility index (Phi) is 4.68. The summed E-state index contributed by atoms with van der Waals surface area (Å²) in [7, 11) is 0. The van der Waals surface area contributed by atoms with Crippen molar-refractivity contribution in [1.82, 2.24) is 0 Å². The molecule has 0 N–H and O–H groups in total. The van der Waals surface area contributed by atoms with Crippen LogP contribution in [-0.2, 0) is 4.79 Å². The van der Waals surface area contributed by atoms with Crippen LogP contribution in [0, 0.1) is 0 Å². The fourth-order valence-electron chi connectivity index (χ4n) is 0.0583. The molecule has 7 heavy (non-hydrogen) atoms. The summed E-state index contributed by atoms with van der Waals surface area (Å²) >= 11 is 9.08. The minimum Gasteiger partial charge on any atom is -0.297 e. The number of hydrogen-bond donors (Lipinski definition) is 0. The van der Waals surface area contributed by atoms with Gasteiger partial charge in [-0.05, 0) is 0 Å². The van der Waals surface area contributed by atoms with Gasteiger partial charge in [-0.1, -0.05) is 47.8 Å². The summed E-state index contributed by atoms with van der Waals surface area (Å²) in [6.07, 6.45) is 0. The monoisotopic (exact) mass is 292 g/mol. The zero-order valence-corrected chi connectivity index (χ0v) is 8.08. The first kappa shape index (κ1) is 8.11. The van der Waals surface area contributed by atoms with E-state index in [2.05, 4.69) is 47.8 Å². The Bertz CT molecular complexity index is 70.6. The highest BCUT2D eigenvalue weighted by Gasteiger charge is 2.06. The Labute approximate surface area is 67.2 Å². The van der Waals surface area contributed by atoms with Gasteiger partial charge in [0.1, 0.15) is 3.74 Å². The largest absolute Gasteiger partial charge is 0.297 e. The zero-order chi connectivity index (χ0) is 5.86. The van der Waals surface area contributed by atoms with Gasteiger partial charge in [0.15, 0.2) is 5.78 Å². The molecular weight excluding hydrogens is 292 g/mol. The van der Waals surface area contributed by atoms with E-state index in [-0.39, 0.29) is 9.52 Å². The van der Waals surface area contributed by atoms with Gasteiger partial charge in [-0.3, -0.25) is 4.79 Å². The maximum Gasteiger partial charge on any atom is 0.167 e. The second-order valence-electron chi connectivity index (χ2n) is 0.901. The van der Waals surface area contributed by atoms with Crippen molar-refractivity contribution in [2.24, 2.45) is 0 Å². The van der Waals surface area contributed by atoms with Gasteiger partial charge in [-0.15, -0.1) is 0 Å². The molecule has 0 aromatic heterocycles. The van der Waals surface area contributed by atoms with Crippen molar-refractivity contribution >= 4 is 53.6 Å². The van der Waals surface area contributed by atoms with E-state index in [0.717, 1.165) is 0 Å². The predicted octanol–water partition coefficient (Wildman–Crippen LogP) is 2.07. The van der Waals surface area contributed by atoms with Crippen molar-refractivity contribution < 1.29 is 4.79 Å². The molecule has 0 fully saturated rings. The molecule has 0 aromatic rings. The number of Topliss-reactive ketones (excluding diaryl/α,β-unsaturated/α-hetero) is 1. The number of carbonyl (C=O) groups is 1. The van der Waals surface area contributed by atoms with E-state index in [1.54, 1.807) is 0 Å². The molecule has 42 valence electrons. The second-order valence-corrected chi connectivity index (χ2v) is 4.52. The van der Waals surface area contributed by atoms with Crippen LogP contribution in [0.4, 0.5) is 0 Å². The van der Waals surface area contributed by atoms with Gasteiger partial charge in [-0.25, -0.2) is 0 Å². The number of rotatable bonds is 2. The Balaban J connectivity index is 3.35. The molecule has 0 rings (SSSR count). The molecule has 0 unspecified atom stereocenters. The Morgan fingerprint density at radius 3 is 2.00 bits per heavy atom. The van der Waals surface area contributed by atoms with E-state index in [1.807, 2.05) is 0 Å². The molecule has 0 radical (unpaired) electrons. The molecule has 0 bridgehead atoms. The summed E-state index contributed by atoms with van der Waals surface area (Å²) in [6.45, 7) is 0. The average molecular weight is 295 g/mol. The van der Waals surface area contributed by atoms with Gasteiger partial charge in [-0.2, -0.15) is 0 Å². The van der Waals surface area contributed by atoms with Crippen LogP contribution in [0.15, 0.2) is 0 Å². The molecule has 0 atom stereocenters. The van der Waals surface area contributed by atoms with Crippen molar-refractivity contribution in [2.75, 3.05) is 5.33 Å². The van der Waals surface area contributed by atoms with E-state index in [4.69, 9.17) is 0 Å². The third kappa shape index (κ3) is 3.67. The van der Waals surface area contributed by atoms with Crippen LogP contribution >= 0.6 is 47.8 Å². The van der Waals surface area contributed by atoms with Gasteiger partial charge in [0.05, 0.1) is 5.33 Å². The summed E-state index contributed by atoms with van der Waals surface area (Å²) in [5.74, 6) is 0.0972. The molecule has 0 heterocycles. The molecule has 0 aromatic carbocycles. The summed E-state index contributed by atoms with van der Waals surface area (Å²) in [4.78, 5) is 10.4. The lowest BCUT2D eigenvalue weighted by atomic mass is 10.5. The standard InChI is InChI=1S/C3H3Br3O/c4-1-2(7)3(5)6/h3H,1H2. The fraction of sp³-hybridized carbons (Fsp3) is 0.667. The molecule has 0 aliphatic carbocycles. The number of carbonyl (C=O) groups excluding carboxylic acids is 1. The first-order chi connectivity index (χ1) is 3.18. The van der Waals surface area contributed by atoms with E-state index in [1.165, 1.54) is 0 Å². The van der Waals surface area contributed by atoms with Crippen LogP contribution in [0.25, 0.3) is 0 Å². The summed E-state index contributed by atoms with van der Waals surface area (Å²) < 4.78 is -0.195. The lowest BCUT2D eigenvalue weighted by Gasteiger charge is -1.90. The van der Waals surface area contributed by atoms with Crippen LogP contribution in [-0.4, -0.2) is 14.8 Å². The SMILES string of the molecule is O=C(CBr)C(Br)Br. The third-order valence-corrected chi connectivity index (χ3v) is 1.95. The van der Waals surface area contributed by atoms with Crippen molar-refractivity contribution in [3.05, 3.63) is 0 Å². The quantitative estimate of drug-likeness (QED) is 0.713. The van der Waals surface area contributed by atoms with Crippen LogP contribution in [0.2, 0.25) is 0 Å². The maximum absolute atomic E-state index is 10.4. The first-order valence-electron chi connectivity index (χ1n) is 1.55. The summed E-state index contributed by atoms with van der Waals surface area (Å²) in [5.41, 5.74) is 0. The normalized spacial score (nSPS) is 9.71. The number of ketones is 1. The summed E-state index contributed by atoms with van der Waals surface area (Å²) in [5, 5.41) is 0.397. The van der Waals surface area contributed by atoms with E-state index in [0.29, 0.717) is 5.33 Å².